The third kappa shape index (κ3) is 4.35. The molecule has 0 aliphatic carbocycles. The second kappa shape index (κ2) is 8.51. The molecule has 1 heterocycles. The van der Waals surface area contributed by atoms with Crippen molar-refractivity contribution in [3.63, 3.8) is 0 Å². The van der Waals surface area contributed by atoms with Gasteiger partial charge in [0, 0.05) is 23.6 Å². The van der Waals surface area contributed by atoms with E-state index in [9.17, 15) is 9.59 Å². The van der Waals surface area contributed by atoms with Crippen LogP contribution >= 0.6 is 0 Å². The SMILES string of the molecule is COC(=O)C(C)NC(C(=O)NCc1c[nH]c2ccccc12)c1ccccc1. The maximum absolute atomic E-state index is 12.9. The molecule has 3 rings (SSSR count). The Hall–Kier alpha value is -3.12. The van der Waals surface area contributed by atoms with Crippen molar-refractivity contribution < 1.29 is 14.3 Å². The molecule has 140 valence electrons. The van der Waals surface area contributed by atoms with Crippen LogP contribution in [-0.2, 0) is 20.9 Å². The molecule has 27 heavy (non-hydrogen) atoms. The zero-order valence-electron chi connectivity index (χ0n) is 15.4. The number of carbonyl (C=O) groups is 2. The number of methoxy groups -OCH3 is 1. The molecule has 0 aliphatic heterocycles. The number of H-pyrrole nitrogens is 1. The summed E-state index contributed by atoms with van der Waals surface area (Å²) in [6, 6.07) is 16.0. The van der Waals surface area contributed by atoms with Crippen LogP contribution in [0.15, 0.2) is 60.8 Å². The van der Waals surface area contributed by atoms with Crippen LogP contribution in [0.5, 0.6) is 0 Å². The molecular weight excluding hydrogens is 342 g/mol. The van der Waals surface area contributed by atoms with Crippen LogP contribution in [0.25, 0.3) is 10.9 Å². The molecule has 3 N–H and O–H groups in total. The number of aromatic amines is 1. The van der Waals surface area contributed by atoms with Gasteiger partial charge in [-0.05, 0) is 24.1 Å². The molecule has 0 saturated carbocycles. The molecule has 1 aromatic heterocycles. The number of carbonyl (C=O) groups excluding carboxylic acids is 2. The Morgan fingerprint density at radius 1 is 1.07 bits per heavy atom. The Kier molecular flexibility index (Phi) is 5.88. The normalized spacial score (nSPS) is 13.1. The van der Waals surface area contributed by atoms with Gasteiger partial charge in [0.05, 0.1) is 7.11 Å². The van der Waals surface area contributed by atoms with Gasteiger partial charge in [-0.1, -0.05) is 48.5 Å². The van der Waals surface area contributed by atoms with Crippen molar-refractivity contribution in [2.24, 2.45) is 0 Å². The number of hydrogen-bond donors (Lipinski definition) is 3. The summed E-state index contributed by atoms with van der Waals surface area (Å²) in [6.07, 6.45) is 1.90. The molecule has 2 aromatic carbocycles. The largest absolute Gasteiger partial charge is 0.468 e. The lowest BCUT2D eigenvalue weighted by atomic mass is 10.0. The molecule has 0 fully saturated rings. The third-order valence-corrected chi connectivity index (χ3v) is 4.49. The fourth-order valence-corrected chi connectivity index (χ4v) is 3.03. The van der Waals surface area contributed by atoms with Gasteiger partial charge in [0.2, 0.25) is 5.91 Å². The van der Waals surface area contributed by atoms with Crippen molar-refractivity contribution in [2.45, 2.75) is 25.6 Å². The predicted molar refractivity (Wildman–Crippen MR) is 104 cm³/mol. The second-order valence-electron chi connectivity index (χ2n) is 6.33. The number of aromatic nitrogens is 1. The zero-order valence-corrected chi connectivity index (χ0v) is 15.4. The van der Waals surface area contributed by atoms with Gasteiger partial charge < -0.3 is 15.0 Å². The summed E-state index contributed by atoms with van der Waals surface area (Å²) in [6.45, 7) is 2.06. The first-order chi connectivity index (χ1) is 13.1. The maximum atomic E-state index is 12.9. The first kappa shape index (κ1) is 18.7. The number of hydrogen-bond acceptors (Lipinski definition) is 4. The van der Waals surface area contributed by atoms with Crippen molar-refractivity contribution in [2.75, 3.05) is 7.11 Å². The zero-order chi connectivity index (χ0) is 19.2. The highest BCUT2D eigenvalue weighted by molar-refractivity contribution is 5.86. The highest BCUT2D eigenvalue weighted by Crippen LogP contribution is 2.18. The summed E-state index contributed by atoms with van der Waals surface area (Å²) in [7, 11) is 1.33. The quantitative estimate of drug-likeness (QED) is 0.562. The van der Waals surface area contributed by atoms with Gasteiger partial charge in [0.15, 0.2) is 0 Å². The summed E-state index contributed by atoms with van der Waals surface area (Å²) in [5.74, 6) is -0.623. The highest BCUT2D eigenvalue weighted by Gasteiger charge is 2.25. The fraction of sp³-hybridized carbons (Fsp3) is 0.238. The minimum absolute atomic E-state index is 0.206. The van der Waals surface area contributed by atoms with Crippen molar-refractivity contribution in [1.82, 2.24) is 15.6 Å². The maximum Gasteiger partial charge on any atom is 0.322 e. The van der Waals surface area contributed by atoms with Crippen molar-refractivity contribution >= 4 is 22.8 Å². The number of amides is 1. The topological polar surface area (TPSA) is 83.2 Å². The molecule has 6 nitrogen and oxygen atoms in total. The van der Waals surface area contributed by atoms with E-state index in [2.05, 4.69) is 15.6 Å². The molecule has 0 spiro atoms. The van der Waals surface area contributed by atoms with Gasteiger partial charge in [-0.2, -0.15) is 0 Å². The Bertz CT molecular complexity index is 921. The van der Waals surface area contributed by atoms with Gasteiger partial charge in [-0.3, -0.25) is 14.9 Å². The Morgan fingerprint density at radius 2 is 1.78 bits per heavy atom. The lowest BCUT2D eigenvalue weighted by molar-refractivity contribution is -0.143. The first-order valence-corrected chi connectivity index (χ1v) is 8.81. The lowest BCUT2D eigenvalue weighted by Gasteiger charge is -2.22. The van der Waals surface area contributed by atoms with Gasteiger partial charge in [0.25, 0.3) is 0 Å². The summed E-state index contributed by atoms with van der Waals surface area (Å²) >= 11 is 0. The number of rotatable bonds is 7. The van der Waals surface area contributed by atoms with Crippen molar-refractivity contribution in [3.8, 4) is 0 Å². The third-order valence-electron chi connectivity index (χ3n) is 4.49. The molecule has 1 amide bonds. The molecule has 3 aromatic rings. The Balaban J connectivity index is 1.75. The van der Waals surface area contributed by atoms with Gasteiger partial charge in [0.1, 0.15) is 12.1 Å². The van der Waals surface area contributed by atoms with Gasteiger partial charge >= 0.3 is 5.97 Å². The van der Waals surface area contributed by atoms with E-state index in [0.717, 1.165) is 22.0 Å². The standard InChI is InChI=1S/C21H23N3O3/c1-14(21(26)27-2)24-19(15-8-4-3-5-9-15)20(25)23-13-16-12-22-18-11-7-6-10-17(16)18/h3-12,14,19,22,24H,13H2,1-2H3,(H,23,25). The Morgan fingerprint density at radius 3 is 2.52 bits per heavy atom. The number of benzene rings is 2. The average Bonchev–Trinajstić information content (AvgIpc) is 3.13. The summed E-state index contributed by atoms with van der Waals surface area (Å²) < 4.78 is 4.76. The smallest absolute Gasteiger partial charge is 0.322 e. The van der Waals surface area contributed by atoms with Gasteiger partial charge in [-0.25, -0.2) is 0 Å². The van der Waals surface area contributed by atoms with E-state index in [1.54, 1.807) is 6.92 Å². The molecule has 2 unspecified atom stereocenters. The van der Waals surface area contributed by atoms with Crippen LogP contribution in [0, 0.1) is 0 Å². The minimum atomic E-state index is -0.662. The van der Waals surface area contributed by atoms with E-state index < -0.39 is 18.1 Å². The fourth-order valence-electron chi connectivity index (χ4n) is 3.03. The minimum Gasteiger partial charge on any atom is -0.468 e. The molecule has 0 aliphatic rings. The van der Waals surface area contributed by atoms with E-state index in [4.69, 9.17) is 4.74 Å². The number of esters is 1. The Labute approximate surface area is 157 Å². The van der Waals surface area contributed by atoms with Crippen molar-refractivity contribution in [1.29, 1.82) is 0 Å². The van der Waals surface area contributed by atoms with E-state index in [-0.39, 0.29) is 5.91 Å². The van der Waals surface area contributed by atoms with Crippen LogP contribution < -0.4 is 10.6 Å². The van der Waals surface area contributed by atoms with Crippen LogP contribution in [0.2, 0.25) is 0 Å². The summed E-state index contributed by atoms with van der Waals surface area (Å²) in [4.78, 5) is 27.9. The number of para-hydroxylation sites is 1. The first-order valence-electron chi connectivity index (χ1n) is 8.81. The van der Waals surface area contributed by atoms with E-state index >= 15 is 0 Å². The summed E-state index contributed by atoms with van der Waals surface area (Å²) in [5.41, 5.74) is 2.82. The number of fused-ring (bicyclic) bond motifs is 1. The monoisotopic (exact) mass is 365 g/mol. The predicted octanol–water partition coefficient (Wildman–Crippen LogP) is 2.68. The average molecular weight is 365 g/mol. The molecule has 0 saturated heterocycles. The highest BCUT2D eigenvalue weighted by atomic mass is 16.5. The van der Waals surface area contributed by atoms with Crippen LogP contribution in [0.3, 0.4) is 0 Å². The van der Waals surface area contributed by atoms with E-state index in [0.29, 0.717) is 6.54 Å². The molecule has 0 radical (unpaired) electrons. The van der Waals surface area contributed by atoms with Crippen LogP contribution in [0.4, 0.5) is 0 Å². The molecule has 2 atom stereocenters. The number of nitrogens with one attached hydrogen (secondary N) is 3. The molecule has 0 bridgehead atoms. The van der Waals surface area contributed by atoms with Crippen molar-refractivity contribution in [3.05, 3.63) is 71.9 Å². The molecule has 6 heteroatoms. The van der Waals surface area contributed by atoms with E-state index in [1.165, 1.54) is 7.11 Å². The van der Waals surface area contributed by atoms with Crippen LogP contribution in [0.1, 0.15) is 24.1 Å². The van der Waals surface area contributed by atoms with E-state index in [1.807, 2.05) is 60.8 Å². The molecular formula is C21H23N3O3. The lowest BCUT2D eigenvalue weighted by Crippen LogP contribution is -2.44. The van der Waals surface area contributed by atoms with Crippen LogP contribution in [-0.4, -0.2) is 30.0 Å². The second-order valence-corrected chi connectivity index (χ2v) is 6.33. The van der Waals surface area contributed by atoms with Gasteiger partial charge in [-0.15, -0.1) is 0 Å². The summed E-state index contributed by atoms with van der Waals surface area (Å²) in [5, 5.41) is 7.10. The number of ether oxygens (including phenoxy) is 1.